The Labute approximate surface area is 162 Å². The predicted molar refractivity (Wildman–Crippen MR) is 104 cm³/mol. The van der Waals surface area contributed by atoms with E-state index in [1.807, 2.05) is 31.2 Å². The number of halogens is 2. The number of aryl methyl sites for hydroxylation is 1. The predicted octanol–water partition coefficient (Wildman–Crippen LogP) is 3.85. The van der Waals surface area contributed by atoms with Gasteiger partial charge in [0.1, 0.15) is 5.75 Å². The van der Waals surface area contributed by atoms with Gasteiger partial charge in [0, 0.05) is 30.7 Å². The minimum Gasteiger partial charge on any atom is -0.482 e. The van der Waals surface area contributed by atoms with Gasteiger partial charge in [-0.2, -0.15) is 0 Å². The van der Waals surface area contributed by atoms with E-state index < -0.39 is 0 Å². The minimum atomic E-state index is -0.302. The fraction of sp³-hybridized carbons (Fsp3) is 0.263. The summed E-state index contributed by atoms with van der Waals surface area (Å²) in [4.78, 5) is 25.4. The lowest BCUT2D eigenvalue weighted by Gasteiger charge is -2.21. The molecule has 138 valence electrons. The summed E-state index contributed by atoms with van der Waals surface area (Å²) >= 11 is 11.8. The highest BCUT2D eigenvalue weighted by Gasteiger charge is 2.12. The third-order valence-corrected chi connectivity index (χ3v) is 4.17. The summed E-state index contributed by atoms with van der Waals surface area (Å²) in [6.07, 6.45) is 0. The first-order valence-corrected chi connectivity index (χ1v) is 8.81. The number of anilines is 1. The first-order valence-electron chi connectivity index (χ1n) is 8.06. The summed E-state index contributed by atoms with van der Waals surface area (Å²) in [5, 5.41) is 3.56. The largest absolute Gasteiger partial charge is 0.482 e. The molecular weight excluding hydrogens is 375 g/mol. The minimum absolute atomic E-state index is 0.0905. The van der Waals surface area contributed by atoms with Gasteiger partial charge in [-0.3, -0.25) is 9.59 Å². The zero-order valence-electron chi connectivity index (χ0n) is 14.6. The number of nitrogens with zero attached hydrogens (tertiary/aromatic N) is 1. The van der Waals surface area contributed by atoms with Gasteiger partial charge >= 0.3 is 0 Å². The molecule has 0 heterocycles. The van der Waals surface area contributed by atoms with Crippen LogP contribution in [-0.4, -0.2) is 31.5 Å². The van der Waals surface area contributed by atoms with E-state index in [0.717, 1.165) is 11.3 Å². The molecule has 0 aliphatic rings. The van der Waals surface area contributed by atoms with Crippen molar-refractivity contribution in [3.63, 3.8) is 0 Å². The second kappa shape index (κ2) is 9.46. The first-order chi connectivity index (χ1) is 12.4. The average molecular weight is 395 g/mol. The normalized spacial score (nSPS) is 10.3. The van der Waals surface area contributed by atoms with Crippen molar-refractivity contribution in [1.82, 2.24) is 5.32 Å². The Bertz CT molecular complexity index is 779. The van der Waals surface area contributed by atoms with Crippen LogP contribution in [0.2, 0.25) is 10.0 Å². The van der Waals surface area contributed by atoms with Crippen molar-refractivity contribution in [3.8, 4) is 5.75 Å². The van der Waals surface area contributed by atoms with E-state index in [1.165, 1.54) is 6.92 Å². The van der Waals surface area contributed by atoms with E-state index in [4.69, 9.17) is 27.9 Å². The monoisotopic (exact) mass is 394 g/mol. The zero-order valence-corrected chi connectivity index (χ0v) is 16.1. The number of rotatable bonds is 7. The SMILES string of the molecule is CC(=O)N(CCNC(=O)COc1ccc(Cl)cc1Cl)c1ccc(C)cc1. The molecule has 0 atom stereocenters. The second-order valence-corrected chi connectivity index (χ2v) is 6.56. The summed E-state index contributed by atoms with van der Waals surface area (Å²) in [6, 6.07) is 12.4. The Morgan fingerprint density at radius 2 is 1.81 bits per heavy atom. The van der Waals surface area contributed by atoms with Crippen LogP contribution in [0, 0.1) is 6.92 Å². The van der Waals surface area contributed by atoms with Crippen LogP contribution in [-0.2, 0) is 9.59 Å². The van der Waals surface area contributed by atoms with E-state index in [9.17, 15) is 9.59 Å². The van der Waals surface area contributed by atoms with Crippen LogP contribution in [0.15, 0.2) is 42.5 Å². The molecule has 2 rings (SSSR count). The number of carbonyl (C=O) groups is 2. The molecular formula is C19H20Cl2N2O3. The molecule has 0 aliphatic carbocycles. The van der Waals surface area contributed by atoms with Crippen molar-refractivity contribution >= 4 is 40.7 Å². The maximum absolute atomic E-state index is 11.9. The van der Waals surface area contributed by atoms with Crippen LogP contribution in [0.3, 0.4) is 0 Å². The first kappa shape index (κ1) is 20.1. The standard InChI is InChI=1S/C19H20Cl2N2O3/c1-13-3-6-16(7-4-13)23(14(2)24)10-9-22-19(25)12-26-18-8-5-15(20)11-17(18)21/h3-8,11H,9-10,12H2,1-2H3,(H,22,25). The number of hydrogen-bond donors (Lipinski definition) is 1. The molecule has 2 aromatic rings. The Balaban J connectivity index is 1.82. The van der Waals surface area contributed by atoms with E-state index in [1.54, 1.807) is 23.1 Å². The Hall–Kier alpha value is -2.24. The third kappa shape index (κ3) is 5.93. The fourth-order valence-corrected chi connectivity index (χ4v) is 2.75. The van der Waals surface area contributed by atoms with Gasteiger partial charge in [0.05, 0.1) is 5.02 Å². The summed E-state index contributed by atoms with van der Waals surface area (Å²) < 4.78 is 5.37. The quantitative estimate of drug-likeness (QED) is 0.775. The molecule has 0 spiro atoms. The van der Waals surface area contributed by atoms with Crippen molar-refractivity contribution in [2.24, 2.45) is 0 Å². The van der Waals surface area contributed by atoms with Crippen LogP contribution >= 0.6 is 23.2 Å². The molecule has 2 aromatic carbocycles. The van der Waals surface area contributed by atoms with Gasteiger partial charge in [-0.1, -0.05) is 40.9 Å². The smallest absolute Gasteiger partial charge is 0.258 e. The molecule has 5 nitrogen and oxygen atoms in total. The highest BCUT2D eigenvalue weighted by molar-refractivity contribution is 6.35. The molecule has 0 radical (unpaired) electrons. The van der Waals surface area contributed by atoms with Crippen molar-refractivity contribution in [3.05, 3.63) is 58.1 Å². The third-order valence-electron chi connectivity index (χ3n) is 3.64. The van der Waals surface area contributed by atoms with Gasteiger partial charge in [0.2, 0.25) is 5.91 Å². The Kier molecular flexibility index (Phi) is 7.30. The molecule has 0 aromatic heterocycles. The molecule has 26 heavy (non-hydrogen) atoms. The number of nitrogens with one attached hydrogen (secondary N) is 1. The zero-order chi connectivity index (χ0) is 19.1. The Morgan fingerprint density at radius 1 is 1.12 bits per heavy atom. The number of hydrogen-bond acceptors (Lipinski definition) is 3. The number of amides is 2. The van der Waals surface area contributed by atoms with E-state index in [2.05, 4.69) is 5.32 Å². The van der Waals surface area contributed by atoms with Crippen LogP contribution in [0.1, 0.15) is 12.5 Å². The van der Waals surface area contributed by atoms with Crippen molar-refractivity contribution in [2.75, 3.05) is 24.6 Å². The lowest BCUT2D eigenvalue weighted by Crippen LogP contribution is -2.39. The lowest BCUT2D eigenvalue weighted by molar-refractivity contribution is -0.123. The second-order valence-electron chi connectivity index (χ2n) is 5.72. The van der Waals surface area contributed by atoms with Gasteiger partial charge < -0.3 is 15.0 Å². The van der Waals surface area contributed by atoms with Crippen molar-refractivity contribution in [2.45, 2.75) is 13.8 Å². The van der Waals surface area contributed by atoms with Crippen LogP contribution < -0.4 is 15.0 Å². The molecule has 0 fully saturated rings. The molecule has 0 unspecified atom stereocenters. The lowest BCUT2D eigenvalue weighted by atomic mass is 10.2. The molecule has 7 heteroatoms. The molecule has 2 amide bonds. The van der Waals surface area contributed by atoms with E-state index >= 15 is 0 Å². The number of benzene rings is 2. The van der Waals surface area contributed by atoms with Crippen LogP contribution in [0.25, 0.3) is 0 Å². The fourth-order valence-electron chi connectivity index (χ4n) is 2.29. The van der Waals surface area contributed by atoms with Gasteiger partial charge in [-0.25, -0.2) is 0 Å². The maximum atomic E-state index is 11.9. The van der Waals surface area contributed by atoms with E-state index in [0.29, 0.717) is 28.9 Å². The van der Waals surface area contributed by atoms with Gasteiger partial charge in [0.15, 0.2) is 6.61 Å². The van der Waals surface area contributed by atoms with Crippen LogP contribution in [0.4, 0.5) is 5.69 Å². The average Bonchev–Trinajstić information content (AvgIpc) is 2.59. The summed E-state index contributed by atoms with van der Waals surface area (Å²) in [7, 11) is 0. The van der Waals surface area contributed by atoms with Crippen molar-refractivity contribution < 1.29 is 14.3 Å². The van der Waals surface area contributed by atoms with Crippen molar-refractivity contribution in [1.29, 1.82) is 0 Å². The number of carbonyl (C=O) groups excluding carboxylic acids is 2. The summed E-state index contributed by atoms with van der Waals surface area (Å²) in [5.74, 6) is -0.00745. The van der Waals surface area contributed by atoms with Crippen LogP contribution in [0.5, 0.6) is 5.75 Å². The van der Waals surface area contributed by atoms with E-state index in [-0.39, 0.29) is 18.4 Å². The summed E-state index contributed by atoms with van der Waals surface area (Å²) in [5.41, 5.74) is 1.91. The molecule has 0 bridgehead atoms. The van der Waals surface area contributed by atoms with Gasteiger partial charge in [-0.15, -0.1) is 0 Å². The molecule has 0 saturated carbocycles. The molecule has 0 saturated heterocycles. The molecule has 1 N–H and O–H groups in total. The van der Waals surface area contributed by atoms with Gasteiger partial charge in [-0.05, 0) is 37.3 Å². The maximum Gasteiger partial charge on any atom is 0.258 e. The molecule has 0 aliphatic heterocycles. The highest BCUT2D eigenvalue weighted by atomic mass is 35.5. The summed E-state index contributed by atoms with van der Waals surface area (Å²) in [6.45, 7) is 3.98. The van der Waals surface area contributed by atoms with Gasteiger partial charge in [0.25, 0.3) is 5.91 Å². The Morgan fingerprint density at radius 3 is 2.42 bits per heavy atom. The highest BCUT2D eigenvalue weighted by Crippen LogP contribution is 2.27. The number of ether oxygens (including phenoxy) is 1. The topological polar surface area (TPSA) is 58.6 Å².